The maximum atomic E-state index is 6.29. The van der Waals surface area contributed by atoms with E-state index in [2.05, 4.69) is 12.1 Å². The summed E-state index contributed by atoms with van der Waals surface area (Å²) in [5, 5.41) is 0.797. The Labute approximate surface area is 102 Å². The standard InChI is InChI=1S/C13H19ClN2/c1-16(2)10-6-7-11(12(14)8-10)13(15)9-4-3-5-9/h6-9,13H,3-5,15H2,1-2H3/t13-/m1/s1. The summed E-state index contributed by atoms with van der Waals surface area (Å²) in [6, 6.07) is 6.26. The Kier molecular flexibility index (Phi) is 3.41. The van der Waals surface area contributed by atoms with Gasteiger partial charge in [-0.05, 0) is 36.5 Å². The lowest BCUT2D eigenvalue weighted by Gasteiger charge is -2.32. The topological polar surface area (TPSA) is 29.3 Å². The number of benzene rings is 1. The van der Waals surface area contributed by atoms with Crippen LogP contribution in [0.25, 0.3) is 0 Å². The van der Waals surface area contributed by atoms with Crippen LogP contribution in [-0.2, 0) is 0 Å². The molecule has 0 unspecified atom stereocenters. The Bertz CT molecular complexity index is 372. The minimum absolute atomic E-state index is 0.109. The molecule has 0 heterocycles. The summed E-state index contributed by atoms with van der Waals surface area (Å²) in [6.07, 6.45) is 3.80. The van der Waals surface area contributed by atoms with Crippen LogP contribution in [-0.4, -0.2) is 14.1 Å². The average molecular weight is 239 g/mol. The van der Waals surface area contributed by atoms with Gasteiger partial charge in [0, 0.05) is 30.8 Å². The lowest BCUT2D eigenvalue weighted by atomic mass is 9.77. The Hall–Kier alpha value is -0.730. The van der Waals surface area contributed by atoms with Gasteiger partial charge in [0.15, 0.2) is 0 Å². The fraction of sp³-hybridized carbons (Fsp3) is 0.538. The molecule has 16 heavy (non-hydrogen) atoms. The summed E-state index contributed by atoms with van der Waals surface area (Å²) in [5.41, 5.74) is 8.44. The second kappa shape index (κ2) is 4.64. The zero-order valence-corrected chi connectivity index (χ0v) is 10.7. The number of rotatable bonds is 3. The summed E-state index contributed by atoms with van der Waals surface area (Å²) >= 11 is 6.29. The van der Waals surface area contributed by atoms with Crippen molar-refractivity contribution in [2.75, 3.05) is 19.0 Å². The van der Waals surface area contributed by atoms with Crippen molar-refractivity contribution in [3.05, 3.63) is 28.8 Å². The molecule has 0 aromatic heterocycles. The predicted molar refractivity (Wildman–Crippen MR) is 70.0 cm³/mol. The van der Waals surface area contributed by atoms with Crippen molar-refractivity contribution in [3.63, 3.8) is 0 Å². The van der Waals surface area contributed by atoms with Crippen LogP contribution in [0.2, 0.25) is 5.02 Å². The van der Waals surface area contributed by atoms with Crippen molar-refractivity contribution in [2.24, 2.45) is 11.7 Å². The average Bonchev–Trinajstić information content (AvgIpc) is 2.14. The molecule has 0 amide bonds. The zero-order valence-electron chi connectivity index (χ0n) is 9.91. The van der Waals surface area contributed by atoms with Crippen LogP contribution < -0.4 is 10.6 Å². The van der Waals surface area contributed by atoms with E-state index in [9.17, 15) is 0 Å². The Morgan fingerprint density at radius 3 is 2.50 bits per heavy atom. The van der Waals surface area contributed by atoms with Crippen molar-refractivity contribution in [1.82, 2.24) is 0 Å². The molecule has 1 aromatic carbocycles. The molecule has 0 aliphatic heterocycles. The molecule has 1 aliphatic rings. The summed E-state index contributed by atoms with van der Waals surface area (Å²) in [6.45, 7) is 0. The van der Waals surface area contributed by atoms with Gasteiger partial charge in [0.05, 0.1) is 0 Å². The van der Waals surface area contributed by atoms with Crippen molar-refractivity contribution < 1.29 is 0 Å². The number of hydrogen-bond acceptors (Lipinski definition) is 2. The molecule has 2 rings (SSSR count). The quantitative estimate of drug-likeness (QED) is 0.876. The molecule has 2 N–H and O–H groups in total. The fourth-order valence-electron chi connectivity index (χ4n) is 2.12. The lowest BCUT2D eigenvalue weighted by Crippen LogP contribution is -2.27. The van der Waals surface area contributed by atoms with Crippen LogP contribution in [0.3, 0.4) is 0 Å². The number of nitrogens with zero attached hydrogens (tertiary/aromatic N) is 1. The SMILES string of the molecule is CN(C)c1ccc([C@H](N)C2CCC2)c(Cl)c1. The van der Waals surface area contributed by atoms with E-state index in [1.807, 2.05) is 25.1 Å². The van der Waals surface area contributed by atoms with Crippen molar-refractivity contribution in [3.8, 4) is 0 Å². The van der Waals surface area contributed by atoms with Gasteiger partial charge in [0.1, 0.15) is 0 Å². The van der Waals surface area contributed by atoms with E-state index in [0.717, 1.165) is 16.3 Å². The summed E-state index contributed by atoms with van der Waals surface area (Å²) < 4.78 is 0. The summed E-state index contributed by atoms with van der Waals surface area (Å²) in [7, 11) is 4.02. The van der Waals surface area contributed by atoms with Crippen LogP contribution in [0.5, 0.6) is 0 Å². The van der Waals surface area contributed by atoms with E-state index < -0.39 is 0 Å². The second-order valence-electron chi connectivity index (χ2n) is 4.82. The van der Waals surface area contributed by atoms with E-state index in [1.165, 1.54) is 19.3 Å². The molecule has 3 heteroatoms. The number of halogens is 1. The van der Waals surface area contributed by atoms with Crippen molar-refractivity contribution in [1.29, 1.82) is 0 Å². The Morgan fingerprint density at radius 2 is 2.06 bits per heavy atom. The van der Waals surface area contributed by atoms with E-state index in [-0.39, 0.29) is 6.04 Å². The molecule has 1 aromatic rings. The highest BCUT2D eigenvalue weighted by molar-refractivity contribution is 6.31. The molecular weight excluding hydrogens is 220 g/mol. The third-order valence-corrected chi connectivity index (χ3v) is 3.84. The highest BCUT2D eigenvalue weighted by Crippen LogP contribution is 2.39. The van der Waals surface area contributed by atoms with E-state index >= 15 is 0 Å². The van der Waals surface area contributed by atoms with E-state index in [0.29, 0.717) is 5.92 Å². The largest absolute Gasteiger partial charge is 0.378 e. The Morgan fingerprint density at radius 1 is 1.38 bits per heavy atom. The van der Waals surface area contributed by atoms with Gasteiger partial charge in [-0.1, -0.05) is 24.1 Å². The van der Waals surface area contributed by atoms with E-state index in [4.69, 9.17) is 17.3 Å². The first-order valence-electron chi connectivity index (χ1n) is 5.82. The molecule has 0 bridgehead atoms. The normalized spacial score (nSPS) is 18.0. The van der Waals surface area contributed by atoms with Gasteiger partial charge >= 0.3 is 0 Å². The van der Waals surface area contributed by atoms with Crippen LogP contribution in [0.1, 0.15) is 30.9 Å². The third-order valence-electron chi connectivity index (χ3n) is 3.52. The van der Waals surface area contributed by atoms with Gasteiger partial charge in [0.25, 0.3) is 0 Å². The highest BCUT2D eigenvalue weighted by Gasteiger charge is 2.26. The number of hydrogen-bond donors (Lipinski definition) is 1. The van der Waals surface area contributed by atoms with Gasteiger partial charge in [-0.15, -0.1) is 0 Å². The second-order valence-corrected chi connectivity index (χ2v) is 5.22. The Balaban J connectivity index is 2.21. The van der Waals surface area contributed by atoms with Crippen LogP contribution in [0.15, 0.2) is 18.2 Å². The summed E-state index contributed by atoms with van der Waals surface area (Å²) in [4.78, 5) is 2.05. The van der Waals surface area contributed by atoms with Gasteiger partial charge in [0.2, 0.25) is 0 Å². The first kappa shape index (κ1) is 11.7. The third kappa shape index (κ3) is 2.18. The number of anilines is 1. The predicted octanol–water partition coefficient (Wildman–Crippen LogP) is 3.21. The first-order chi connectivity index (χ1) is 7.59. The molecule has 1 atom stereocenters. The molecular formula is C13H19ClN2. The van der Waals surface area contributed by atoms with E-state index in [1.54, 1.807) is 0 Å². The maximum absolute atomic E-state index is 6.29. The molecule has 0 spiro atoms. The molecule has 2 nitrogen and oxygen atoms in total. The fourth-order valence-corrected chi connectivity index (χ4v) is 2.42. The molecule has 1 aliphatic carbocycles. The minimum atomic E-state index is 0.109. The smallest absolute Gasteiger partial charge is 0.0474 e. The van der Waals surface area contributed by atoms with Gasteiger partial charge in [-0.2, -0.15) is 0 Å². The van der Waals surface area contributed by atoms with Gasteiger partial charge < -0.3 is 10.6 Å². The summed E-state index contributed by atoms with van der Waals surface area (Å²) in [5.74, 6) is 0.628. The number of nitrogens with two attached hydrogens (primary N) is 1. The molecule has 88 valence electrons. The van der Waals surface area contributed by atoms with Crippen LogP contribution >= 0.6 is 11.6 Å². The zero-order chi connectivity index (χ0) is 11.7. The van der Waals surface area contributed by atoms with Gasteiger partial charge in [-0.25, -0.2) is 0 Å². The molecule has 1 fully saturated rings. The monoisotopic (exact) mass is 238 g/mol. The maximum Gasteiger partial charge on any atom is 0.0474 e. The van der Waals surface area contributed by atoms with Crippen molar-refractivity contribution in [2.45, 2.75) is 25.3 Å². The minimum Gasteiger partial charge on any atom is -0.378 e. The van der Waals surface area contributed by atoms with Crippen molar-refractivity contribution >= 4 is 17.3 Å². The van der Waals surface area contributed by atoms with Crippen LogP contribution in [0, 0.1) is 5.92 Å². The first-order valence-corrected chi connectivity index (χ1v) is 6.19. The molecule has 1 saturated carbocycles. The van der Waals surface area contributed by atoms with Crippen LogP contribution in [0.4, 0.5) is 5.69 Å². The van der Waals surface area contributed by atoms with Gasteiger partial charge in [-0.3, -0.25) is 0 Å². The molecule has 0 radical (unpaired) electrons. The highest BCUT2D eigenvalue weighted by atomic mass is 35.5. The lowest BCUT2D eigenvalue weighted by molar-refractivity contribution is 0.264. The molecule has 0 saturated heterocycles.